The Labute approximate surface area is 159 Å². The van der Waals surface area contributed by atoms with E-state index in [1.54, 1.807) is 0 Å². The molecule has 0 radical (unpaired) electrons. The molecule has 1 atom stereocenters. The van der Waals surface area contributed by atoms with Gasteiger partial charge < -0.3 is 4.90 Å². The van der Waals surface area contributed by atoms with Crippen molar-refractivity contribution in [1.82, 2.24) is 19.6 Å². The SMILES string of the molecule is CCn1ncc(CN2CC[C@@]3(CCCN(CC4CCCCC4)C3)C2)c1C. The molecule has 1 aromatic rings. The minimum absolute atomic E-state index is 0.571. The lowest BCUT2D eigenvalue weighted by Gasteiger charge is -2.42. The summed E-state index contributed by atoms with van der Waals surface area (Å²) >= 11 is 0. The van der Waals surface area contributed by atoms with Gasteiger partial charge in [-0.25, -0.2) is 0 Å². The Morgan fingerprint density at radius 3 is 2.62 bits per heavy atom. The van der Waals surface area contributed by atoms with Crippen molar-refractivity contribution in [2.75, 3.05) is 32.7 Å². The van der Waals surface area contributed by atoms with Crippen molar-refractivity contribution in [2.24, 2.45) is 11.3 Å². The minimum Gasteiger partial charge on any atom is -0.302 e. The van der Waals surface area contributed by atoms with E-state index < -0.39 is 0 Å². The van der Waals surface area contributed by atoms with Gasteiger partial charge in [-0.05, 0) is 70.4 Å². The van der Waals surface area contributed by atoms with Gasteiger partial charge in [0.2, 0.25) is 0 Å². The van der Waals surface area contributed by atoms with Crippen LogP contribution in [-0.4, -0.2) is 52.3 Å². The van der Waals surface area contributed by atoms with Gasteiger partial charge in [0.25, 0.3) is 0 Å². The highest BCUT2D eigenvalue weighted by Gasteiger charge is 2.41. The fourth-order valence-electron chi connectivity index (χ4n) is 5.90. The summed E-state index contributed by atoms with van der Waals surface area (Å²) in [7, 11) is 0. The predicted octanol–water partition coefficient (Wildman–Crippen LogP) is 4.08. The van der Waals surface area contributed by atoms with E-state index in [1.807, 2.05) is 0 Å². The molecular formula is C22H38N4. The summed E-state index contributed by atoms with van der Waals surface area (Å²) in [5.41, 5.74) is 3.36. The summed E-state index contributed by atoms with van der Waals surface area (Å²) in [6, 6.07) is 0. The molecule has 3 aliphatic rings. The van der Waals surface area contributed by atoms with Crippen molar-refractivity contribution in [3.05, 3.63) is 17.5 Å². The lowest BCUT2D eigenvalue weighted by Crippen LogP contribution is -2.46. The van der Waals surface area contributed by atoms with E-state index >= 15 is 0 Å². The van der Waals surface area contributed by atoms with Crippen LogP contribution in [0, 0.1) is 18.3 Å². The first-order valence-electron chi connectivity index (χ1n) is 11.1. The van der Waals surface area contributed by atoms with Crippen LogP contribution in [0.4, 0.5) is 0 Å². The number of nitrogens with zero attached hydrogens (tertiary/aromatic N) is 4. The molecule has 1 spiro atoms. The Morgan fingerprint density at radius 2 is 1.85 bits per heavy atom. The van der Waals surface area contributed by atoms with Crippen LogP contribution in [0.5, 0.6) is 0 Å². The number of hydrogen-bond donors (Lipinski definition) is 0. The molecule has 3 heterocycles. The topological polar surface area (TPSA) is 24.3 Å². The van der Waals surface area contributed by atoms with E-state index in [4.69, 9.17) is 0 Å². The van der Waals surface area contributed by atoms with Gasteiger partial charge in [-0.2, -0.15) is 5.10 Å². The Kier molecular flexibility index (Phi) is 5.70. The van der Waals surface area contributed by atoms with Crippen LogP contribution in [0.15, 0.2) is 6.20 Å². The van der Waals surface area contributed by atoms with Crippen LogP contribution < -0.4 is 0 Å². The maximum Gasteiger partial charge on any atom is 0.0537 e. The van der Waals surface area contributed by atoms with E-state index in [0.717, 1.165) is 19.0 Å². The molecule has 3 fully saturated rings. The van der Waals surface area contributed by atoms with Crippen LogP contribution in [-0.2, 0) is 13.1 Å². The smallest absolute Gasteiger partial charge is 0.0537 e. The number of aryl methyl sites for hydroxylation is 1. The molecule has 0 unspecified atom stereocenters. The van der Waals surface area contributed by atoms with Gasteiger partial charge in [0.15, 0.2) is 0 Å². The van der Waals surface area contributed by atoms with Gasteiger partial charge in [-0.1, -0.05) is 19.3 Å². The van der Waals surface area contributed by atoms with Crippen molar-refractivity contribution in [3.8, 4) is 0 Å². The number of aromatic nitrogens is 2. The fourth-order valence-corrected chi connectivity index (χ4v) is 5.90. The molecule has 2 saturated heterocycles. The molecule has 4 nitrogen and oxygen atoms in total. The van der Waals surface area contributed by atoms with Crippen LogP contribution in [0.2, 0.25) is 0 Å². The van der Waals surface area contributed by atoms with E-state index in [2.05, 4.69) is 39.6 Å². The van der Waals surface area contributed by atoms with Crippen LogP contribution in [0.3, 0.4) is 0 Å². The van der Waals surface area contributed by atoms with E-state index in [9.17, 15) is 0 Å². The third kappa shape index (κ3) is 4.01. The van der Waals surface area contributed by atoms with Crippen molar-refractivity contribution in [2.45, 2.75) is 78.3 Å². The monoisotopic (exact) mass is 358 g/mol. The van der Waals surface area contributed by atoms with Crippen molar-refractivity contribution in [3.63, 3.8) is 0 Å². The van der Waals surface area contributed by atoms with Crippen molar-refractivity contribution < 1.29 is 0 Å². The molecule has 4 rings (SSSR count). The molecule has 1 aliphatic carbocycles. The lowest BCUT2D eigenvalue weighted by molar-refractivity contribution is 0.0737. The van der Waals surface area contributed by atoms with Crippen LogP contribution in [0.1, 0.15) is 69.5 Å². The Hall–Kier alpha value is -0.870. The normalized spacial score (nSPS) is 29.0. The molecule has 0 bridgehead atoms. The van der Waals surface area contributed by atoms with Gasteiger partial charge in [-0.3, -0.25) is 9.58 Å². The first-order chi connectivity index (χ1) is 12.7. The minimum atomic E-state index is 0.571. The van der Waals surface area contributed by atoms with Crippen LogP contribution in [0.25, 0.3) is 0 Å². The summed E-state index contributed by atoms with van der Waals surface area (Å²) < 4.78 is 2.13. The third-order valence-corrected chi connectivity index (χ3v) is 7.40. The third-order valence-electron chi connectivity index (χ3n) is 7.40. The number of rotatable bonds is 5. The number of hydrogen-bond acceptors (Lipinski definition) is 3. The summed E-state index contributed by atoms with van der Waals surface area (Å²) in [6.07, 6.45) is 13.7. The van der Waals surface area contributed by atoms with Gasteiger partial charge in [0.05, 0.1) is 6.20 Å². The zero-order valence-electron chi connectivity index (χ0n) is 17.1. The summed E-state index contributed by atoms with van der Waals surface area (Å²) in [5.74, 6) is 0.985. The van der Waals surface area contributed by atoms with E-state index in [1.165, 1.54) is 95.3 Å². The Balaban J connectivity index is 1.33. The van der Waals surface area contributed by atoms with Gasteiger partial charge in [0, 0.05) is 44.0 Å². The molecule has 2 aliphatic heterocycles. The summed E-state index contributed by atoms with van der Waals surface area (Å²) in [6.45, 7) is 13.1. The van der Waals surface area contributed by atoms with Gasteiger partial charge in [-0.15, -0.1) is 0 Å². The number of likely N-dealkylation sites (tertiary alicyclic amines) is 2. The standard InChI is InChI=1S/C22H38N4/c1-3-26-19(2)21(14-23-26)16-25-13-11-22(18-25)10-7-12-24(17-22)15-20-8-5-4-6-9-20/h14,20H,3-13,15-18H2,1-2H3/t22-/m1/s1. The molecule has 4 heteroatoms. The zero-order chi connectivity index (χ0) is 18.0. The molecule has 0 N–H and O–H groups in total. The average Bonchev–Trinajstić information content (AvgIpc) is 3.20. The van der Waals surface area contributed by atoms with Crippen molar-refractivity contribution in [1.29, 1.82) is 0 Å². The Bertz CT molecular complexity index is 589. The predicted molar refractivity (Wildman–Crippen MR) is 107 cm³/mol. The second-order valence-corrected chi connectivity index (χ2v) is 9.37. The molecule has 26 heavy (non-hydrogen) atoms. The highest BCUT2D eigenvalue weighted by Crippen LogP contribution is 2.40. The summed E-state index contributed by atoms with van der Waals surface area (Å²) in [5, 5.41) is 4.54. The fraction of sp³-hybridized carbons (Fsp3) is 0.864. The molecule has 0 aromatic carbocycles. The lowest BCUT2D eigenvalue weighted by atomic mass is 9.78. The van der Waals surface area contributed by atoms with Gasteiger partial charge >= 0.3 is 0 Å². The highest BCUT2D eigenvalue weighted by atomic mass is 15.3. The Morgan fingerprint density at radius 1 is 1.04 bits per heavy atom. The molecule has 1 aromatic heterocycles. The molecule has 1 saturated carbocycles. The molecule has 146 valence electrons. The maximum absolute atomic E-state index is 4.54. The quantitative estimate of drug-likeness (QED) is 0.793. The van der Waals surface area contributed by atoms with Crippen molar-refractivity contribution >= 4 is 0 Å². The van der Waals surface area contributed by atoms with Gasteiger partial charge in [0.1, 0.15) is 0 Å². The highest BCUT2D eigenvalue weighted by molar-refractivity contribution is 5.16. The summed E-state index contributed by atoms with van der Waals surface area (Å²) in [4.78, 5) is 5.54. The second-order valence-electron chi connectivity index (χ2n) is 9.37. The second kappa shape index (κ2) is 8.02. The van der Waals surface area contributed by atoms with Crippen LogP contribution >= 0.6 is 0 Å². The zero-order valence-corrected chi connectivity index (χ0v) is 17.1. The van der Waals surface area contributed by atoms with E-state index in [-0.39, 0.29) is 0 Å². The maximum atomic E-state index is 4.54. The first-order valence-corrected chi connectivity index (χ1v) is 11.1. The largest absolute Gasteiger partial charge is 0.302 e. The average molecular weight is 359 g/mol. The number of piperidine rings is 1. The molecular weight excluding hydrogens is 320 g/mol. The molecule has 0 amide bonds. The first kappa shape index (κ1) is 18.5. The van der Waals surface area contributed by atoms with E-state index in [0.29, 0.717) is 5.41 Å².